The van der Waals surface area contributed by atoms with Gasteiger partial charge in [0.1, 0.15) is 0 Å². The van der Waals surface area contributed by atoms with E-state index in [2.05, 4.69) is 18.8 Å². The Bertz CT molecular complexity index is 810. The molecule has 4 aliphatic carbocycles. The molecule has 0 aliphatic heterocycles. The highest BCUT2D eigenvalue weighted by Gasteiger charge is 2.62. The molecule has 5 nitrogen and oxygen atoms in total. The van der Waals surface area contributed by atoms with E-state index >= 15 is 0 Å². The van der Waals surface area contributed by atoms with Crippen molar-refractivity contribution in [3.8, 4) is 0 Å². The van der Waals surface area contributed by atoms with E-state index < -0.39 is 5.60 Å². The van der Waals surface area contributed by atoms with Gasteiger partial charge < -0.3 is 14.4 Å². The largest absolute Gasteiger partial charge is 0.387 e. The van der Waals surface area contributed by atoms with Gasteiger partial charge in [0, 0.05) is 25.4 Å². The maximum atomic E-state index is 13.3. The average molecular weight is 429 g/mol. The zero-order chi connectivity index (χ0) is 21.9. The summed E-state index contributed by atoms with van der Waals surface area (Å²) in [6.07, 6.45) is 15.5. The Morgan fingerprint density at radius 2 is 1.90 bits per heavy atom. The van der Waals surface area contributed by atoms with Gasteiger partial charge in [-0.2, -0.15) is 0 Å². The number of aliphatic hydroxyl groups is 1. The summed E-state index contributed by atoms with van der Waals surface area (Å²) in [5.41, 5.74) is -0.135. The molecule has 1 heterocycles. The third-order valence-corrected chi connectivity index (χ3v) is 10.5. The van der Waals surface area contributed by atoms with Crippen LogP contribution in [0.25, 0.3) is 0 Å². The van der Waals surface area contributed by atoms with Crippen LogP contribution < -0.4 is 0 Å². The summed E-state index contributed by atoms with van der Waals surface area (Å²) in [4.78, 5) is 17.4. The van der Waals surface area contributed by atoms with Crippen molar-refractivity contribution in [3.63, 3.8) is 0 Å². The Kier molecular flexibility index (Phi) is 5.37. The third kappa shape index (κ3) is 3.42. The number of fused-ring (bicyclic) bond motifs is 5. The van der Waals surface area contributed by atoms with Crippen molar-refractivity contribution in [1.82, 2.24) is 9.55 Å². The summed E-state index contributed by atoms with van der Waals surface area (Å²) in [7, 11) is 1.70. The number of carbonyl (C=O) groups excluding carboxylic acids is 1. The van der Waals surface area contributed by atoms with Crippen molar-refractivity contribution in [2.45, 2.75) is 83.8 Å². The fraction of sp³-hybridized carbons (Fsp3) is 0.846. The SMILES string of the molecule is COC[C@@]1(O)CC[C@@]2(C)[C@H](CC[C@@H]3[C@@H]2CC[C@]2(C)[C@@H](C(=O)Cn4ccnc4)CC[C@@H]32)C1. The Morgan fingerprint density at radius 1 is 1.10 bits per heavy atom. The molecule has 4 fully saturated rings. The maximum Gasteiger partial charge on any atom is 0.156 e. The molecule has 0 saturated heterocycles. The molecule has 5 heteroatoms. The van der Waals surface area contributed by atoms with Crippen LogP contribution in [0.2, 0.25) is 0 Å². The van der Waals surface area contributed by atoms with E-state index in [1.807, 2.05) is 10.8 Å². The molecular weight excluding hydrogens is 388 g/mol. The first-order chi connectivity index (χ1) is 14.8. The van der Waals surface area contributed by atoms with Gasteiger partial charge in [-0.1, -0.05) is 13.8 Å². The molecular formula is C26H40N2O3. The lowest BCUT2D eigenvalue weighted by Crippen LogP contribution is -2.56. The summed E-state index contributed by atoms with van der Waals surface area (Å²) in [5, 5.41) is 11.0. The quantitative estimate of drug-likeness (QED) is 0.751. The van der Waals surface area contributed by atoms with Crippen molar-refractivity contribution in [2.75, 3.05) is 13.7 Å². The van der Waals surface area contributed by atoms with E-state index in [0.29, 0.717) is 36.2 Å². The molecule has 0 radical (unpaired) electrons. The van der Waals surface area contributed by atoms with Crippen molar-refractivity contribution >= 4 is 5.78 Å². The maximum absolute atomic E-state index is 13.3. The van der Waals surface area contributed by atoms with Gasteiger partial charge in [-0.3, -0.25) is 4.79 Å². The van der Waals surface area contributed by atoms with E-state index in [1.54, 1.807) is 19.6 Å². The summed E-state index contributed by atoms with van der Waals surface area (Å²) >= 11 is 0. The lowest BCUT2D eigenvalue weighted by atomic mass is 9.44. The minimum Gasteiger partial charge on any atom is -0.387 e. The van der Waals surface area contributed by atoms with Crippen LogP contribution in [-0.4, -0.2) is 39.8 Å². The molecule has 1 aromatic heterocycles. The number of methoxy groups -OCH3 is 1. The second-order valence-corrected chi connectivity index (χ2v) is 11.9. The van der Waals surface area contributed by atoms with E-state index in [1.165, 1.54) is 32.1 Å². The predicted molar refractivity (Wildman–Crippen MR) is 119 cm³/mol. The zero-order valence-corrected chi connectivity index (χ0v) is 19.6. The van der Waals surface area contributed by atoms with E-state index in [-0.39, 0.29) is 11.3 Å². The first-order valence-electron chi connectivity index (χ1n) is 12.5. The highest BCUT2D eigenvalue weighted by molar-refractivity contribution is 5.82. The number of Topliss-reactive ketones (excluding diaryl/α,β-unsaturated/α-hetero) is 1. The number of rotatable bonds is 5. The average Bonchev–Trinajstić information content (AvgIpc) is 3.35. The van der Waals surface area contributed by atoms with Crippen LogP contribution in [0.5, 0.6) is 0 Å². The molecule has 0 bridgehead atoms. The van der Waals surface area contributed by atoms with E-state index in [9.17, 15) is 9.90 Å². The highest BCUT2D eigenvalue weighted by atomic mass is 16.5. The van der Waals surface area contributed by atoms with Gasteiger partial charge >= 0.3 is 0 Å². The van der Waals surface area contributed by atoms with Crippen molar-refractivity contribution in [2.24, 2.45) is 40.4 Å². The first-order valence-corrected chi connectivity index (χ1v) is 12.5. The Balaban J connectivity index is 1.33. The molecule has 4 aliphatic rings. The number of hydrogen-bond acceptors (Lipinski definition) is 4. The van der Waals surface area contributed by atoms with E-state index in [0.717, 1.165) is 37.5 Å². The number of ether oxygens (including phenoxy) is 1. The van der Waals surface area contributed by atoms with Gasteiger partial charge in [0.05, 0.1) is 25.1 Å². The van der Waals surface area contributed by atoms with Gasteiger partial charge in [-0.05, 0) is 92.3 Å². The number of carbonyl (C=O) groups is 1. The predicted octanol–water partition coefficient (Wildman–Crippen LogP) is 4.49. The van der Waals surface area contributed by atoms with Crippen molar-refractivity contribution in [1.29, 1.82) is 0 Å². The second-order valence-electron chi connectivity index (χ2n) is 11.9. The van der Waals surface area contributed by atoms with Crippen LogP contribution in [-0.2, 0) is 16.1 Å². The summed E-state index contributed by atoms with van der Waals surface area (Å²) in [6, 6.07) is 0. The Hall–Kier alpha value is -1.20. The van der Waals surface area contributed by atoms with Gasteiger partial charge in [0.15, 0.2) is 5.78 Å². The van der Waals surface area contributed by atoms with Crippen LogP contribution in [0.4, 0.5) is 0 Å². The molecule has 5 rings (SSSR count). The first kappa shape index (κ1) is 21.6. The highest BCUT2D eigenvalue weighted by Crippen LogP contribution is 2.68. The summed E-state index contributed by atoms with van der Waals surface area (Å²) in [6.45, 7) is 5.90. The van der Waals surface area contributed by atoms with Crippen LogP contribution in [0, 0.1) is 40.4 Å². The zero-order valence-electron chi connectivity index (χ0n) is 19.6. The summed E-state index contributed by atoms with van der Waals surface area (Å²) < 4.78 is 7.29. The molecule has 0 spiro atoms. The van der Waals surface area contributed by atoms with Crippen LogP contribution >= 0.6 is 0 Å². The number of nitrogens with zero attached hydrogens (tertiary/aromatic N) is 2. The normalized spacial score (nSPS) is 46.8. The van der Waals surface area contributed by atoms with E-state index in [4.69, 9.17) is 4.74 Å². The molecule has 0 amide bonds. The van der Waals surface area contributed by atoms with Crippen LogP contribution in [0.1, 0.15) is 71.6 Å². The molecule has 172 valence electrons. The Morgan fingerprint density at radius 3 is 2.65 bits per heavy atom. The smallest absolute Gasteiger partial charge is 0.156 e. The standard InChI is InChI=1S/C26H40N2O3/c1-24-10-11-26(30,16-31-3)14-18(24)4-5-19-20-6-7-22(25(20,2)9-8-21(19)24)23(29)15-28-13-12-27-17-28/h12-13,17-22,30H,4-11,14-16H2,1-3H3/t18-,19+,20+,21+,22-,24+,25+,26-/m1/s1. The fourth-order valence-electron chi connectivity index (χ4n) is 8.92. The van der Waals surface area contributed by atoms with Gasteiger partial charge in [0.25, 0.3) is 0 Å². The molecule has 1 aromatic rings. The molecule has 0 unspecified atom stereocenters. The lowest BCUT2D eigenvalue weighted by Gasteiger charge is -2.62. The molecule has 31 heavy (non-hydrogen) atoms. The molecule has 1 N–H and O–H groups in total. The molecule has 0 aromatic carbocycles. The third-order valence-electron chi connectivity index (χ3n) is 10.5. The number of aromatic nitrogens is 2. The Labute approximate surface area is 187 Å². The van der Waals surface area contributed by atoms with Crippen LogP contribution in [0.15, 0.2) is 18.7 Å². The second kappa shape index (κ2) is 7.69. The number of hydrogen-bond donors (Lipinski definition) is 1. The van der Waals surface area contributed by atoms with Crippen LogP contribution in [0.3, 0.4) is 0 Å². The van der Waals surface area contributed by atoms with Crippen molar-refractivity contribution in [3.05, 3.63) is 18.7 Å². The number of ketones is 1. The van der Waals surface area contributed by atoms with Gasteiger partial charge in [0.2, 0.25) is 0 Å². The minimum atomic E-state index is -0.632. The van der Waals surface area contributed by atoms with Gasteiger partial charge in [-0.25, -0.2) is 4.98 Å². The van der Waals surface area contributed by atoms with Crippen molar-refractivity contribution < 1.29 is 14.6 Å². The fourth-order valence-corrected chi connectivity index (χ4v) is 8.92. The number of imidazole rings is 1. The monoisotopic (exact) mass is 428 g/mol. The van der Waals surface area contributed by atoms with Gasteiger partial charge in [-0.15, -0.1) is 0 Å². The lowest BCUT2D eigenvalue weighted by molar-refractivity contribution is -0.164. The topological polar surface area (TPSA) is 64.3 Å². The minimum absolute atomic E-state index is 0.160. The molecule has 4 saturated carbocycles. The molecule has 8 atom stereocenters. The summed E-state index contributed by atoms with van der Waals surface area (Å²) in [5.74, 6) is 3.39.